The molecule has 2 aliphatic heterocycles. The van der Waals surface area contributed by atoms with Crippen LogP contribution in [0, 0.1) is 5.92 Å². The topological polar surface area (TPSA) is 60.1 Å². The largest absolute Gasteiger partial charge is 0.370 e. The van der Waals surface area contributed by atoms with Crippen molar-refractivity contribution >= 4 is 29.9 Å². The lowest BCUT2D eigenvalue weighted by molar-refractivity contribution is -0.144. The van der Waals surface area contributed by atoms with Crippen LogP contribution < -0.4 is 5.73 Å². The first-order valence-corrected chi connectivity index (χ1v) is 6.92. The summed E-state index contributed by atoms with van der Waals surface area (Å²) < 4.78 is 11.1. The number of hydrogen-bond acceptors (Lipinski definition) is 3. The summed E-state index contributed by atoms with van der Waals surface area (Å²) >= 11 is 0. The summed E-state index contributed by atoms with van der Waals surface area (Å²) in [5.74, 6) is 1.02. The van der Waals surface area contributed by atoms with Crippen molar-refractivity contribution in [1.82, 2.24) is 4.90 Å². The summed E-state index contributed by atoms with van der Waals surface area (Å²) in [6.45, 7) is 8.34. The number of likely N-dealkylation sites (tertiary alicyclic amines) is 1. The van der Waals surface area contributed by atoms with Crippen LogP contribution >= 0.6 is 24.0 Å². The quantitative estimate of drug-likeness (QED) is 0.459. The van der Waals surface area contributed by atoms with Crippen LogP contribution in [0.5, 0.6) is 0 Å². The van der Waals surface area contributed by atoms with Crippen LogP contribution in [0.2, 0.25) is 0 Å². The number of aliphatic imine (C=N–C) groups is 1. The Morgan fingerprint density at radius 2 is 1.89 bits per heavy atom. The second kappa shape index (κ2) is 7.64. The summed E-state index contributed by atoms with van der Waals surface area (Å²) in [4.78, 5) is 6.62. The number of guanidine groups is 1. The first kappa shape index (κ1) is 17.0. The van der Waals surface area contributed by atoms with Crippen molar-refractivity contribution in [3.8, 4) is 0 Å². The van der Waals surface area contributed by atoms with Gasteiger partial charge >= 0.3 is 0 Å². The van der Waals surface area contributed by atoms with Crippen molar-refractivity contribution in [1.29, 1.82) is 0 Å². The van der Waals surface area contributed by atoms with Crippen molar-refractivity contribution in [2.75, 3.05) is 32.8 Å². The monoisotopic (exact) mass is 383 g/mol. The molecule has 2 saturated heterocycles. The second-order valence-corrected chi connectivity index (χ2v) is 5.49. The third-order valence-corrected chi connectivity index (χ3v) is 3.85. The molecule has 0 amide bonds. The predicted molar refractivity (Wildman–Crippen MR) is 86.8 cm³/mol. The van der Waals surface area contributed by atoms with E-state index in [2.05, 4.69) is 16.8 Å². The molecule has 2 N–H and O–H groups in total. The molecule has 0 radical (unpaired) electrons. The van der Waals surface area contributed by atoms with Gasteiger partial charge in [-0.1, -0.05) is 6.92 Å². The number of nitrogens with zero attached hydrogens (tertiary/aromatic N) is 2. The molecule has 0 aromatic carbocycles. The van der Waals surface area contributed by atoms with E-state index in [-0.39, 0.29) is 24.0 Å². The average molecular weight is 383 g/mol. The smallest absolute Gasteiger partial charge is 0.191 e. The lowest BCUT2D eigenvalue weighted by Crippen LogP contribution is -2.42. The van der Waals surface area contributed by atoms with Crippen LogP contribution in [0.25, 0.3) is 0 Å². The van der Waals surface area contributed by atoms with E-state index in [1.54, 1.807) is 0 Å². The van der Waals surface area contributed by atoms with Gasteiger partial charge in [-0.3, -0.25) is 4.99 Å². The van der Waals surface area contributed by atoms with Gasteiger partial charge in [0.2, 0.25) is 0 Å². The van der Waals surface area contributed by atoms with Gasteiger partial charge in [0.1, 0.15) is 0 Å². The first-order valence-electron chi connectivity index (χ1n) is 6.92. The molecular formula is C13H26IN3O2. The minimum absolute atomic E-state index is 0. The van der Waals surface area contributed by atoms with Crippen molar-refractivity contribution in [2.45, 2.75) is 38.9 Å². The Balaban J connectivity index is 0.00000180. The number of halogens is 1. The molecular weight excluding hydrogens is 357 g/mol. The fourth-order valence-electron chi connectivity index (χ4n) is 2.41. The van der Waals surface area contributed by atoms with Gasteiger partial charge in [0, 0.05) is 26.1 Å². The normalized spacial score (nSPS) is 24.3. The summed E-state index contributed by atoms with van der Waals surface area (Å²) in [6, 6.07) is 0. The molecule has 2 fully saturated rings. The van der Waals surface area contributed by atoms with E-state index in [9.17, 15) is 0 Å². The standard InChI is InChI=1S/C13H25N3O2.HI/c1-11-3-7-16(8-4-11)12(14)15-6-5-13(2)17-9-10-18-13;/h11H,3-10H2,1-2H3,(H2,14,15);1H. The lowest BCUT2D eigenvalue weighted by atomic mass is 10.00. The van der Waals surface area contributed by atoms with Crippen molar-refractivity contribution in [2.24, 2.45) is 16.6 Å². The zero-order chi connectivity index (χ0) is 13.0. The zero-order valence-corrected chi connectivity index (χ0v) is 14.3. The van der Waals surface area contributed by atoms with E-state index < -0.39 is 5.79 Å². The predicted octanol–water partition coefficient (Wildman–Crippen LogP) is 1.80. The SMILES string of the molecule is CC1CCN(C(N)=NCCC2(C)OCCO2)CC1.I. The maximum Gasteiger partial charge on any atom is 0.191 e. The lowest BCUT2D eigenvalue weighted by Gasteiger charge is -2.31. The molecule has 2 rings (SSSR count). The van der Waals surface area contributed by atoms with E-state index in [0.29, 0.717) is 25.7 Å². The Morgan fingerprint density at radius 1 is 1.32 bits per heavy atom. The Labute approximate surface area is 132 Å². The molecule has 0 aliphatic carbocycles. The Bertz CT molecular complexity index is 298. The van der Waals surface area contributed by atoms with Gasteiger partial charge < -0.3 is 20.1 Å². The molecule has 19 heavy (non-hydrogen) atoms. The van der Waals surface area contributed by atoms with Gasteiger partial charge in [0.25, 0.3) is 0 Å². The highest BCUT2D eigenvalue weighted by atomic mass is 127. The Kier molecular flexibility index (Phi) is 6.82. The minimum atomic E-state index is -0.458. The van der Waals surface area contributed by atoms with Gasteiger partial charge in [0.15, 0.2) is 11.7 Å². The Hall–Kier alpha value is -0.0800. The number of rotatable bonds is 3. The molecule has 6 heteroatoms. The number of piperidine rings is 1. The van der Waals surface area contributed by atoms with Crippen molar-refractivity contribution in [3.63, 3.8) is 0 Å². The Morgan fingerprint density at radius 3 is 2.47 bits per heavy atom. The molecule has 0 aromatic heterocycles. The van der Waals surface area contributed by atoms with Crippen LogP contribution in [-0.2, 0) is 9.47 Å². The fraction of sp³-hybridized carbons (Fsp3) is 0.923. The molecule has 2 heterocycles. The molecule has 0 saturated carbocycles. The van der Waals surface area contributed by atoms with Crippen LogP contribution in [0.1, 0.15) is 33.1 Å². The molecule has 0 spiro atoms. The van der Waals surface area contributed by atoms with Crippen molar-refractivity contribution < 1.29 is 9.47 Å². The van der Waals surface area contributed by atoms with Crippen LogP contribution in [0.3, 0.4) is 0 Å². The van der Waals surface area contributed by atoms with Gasteiger partial charge in [-0.05, 0) is 25.7 Å². The van der Waals surface area contributed by atoms with Gasteiger partial charge in [0.05, 0.1) is 13.2 Å². The third kappa shape index (κ3) is 5.07. The van der Waals surface area contributed by atoms with Gasteiger partial charge in [-0.15, -0.1) is 24.0 Å². The average Bonchev–Trinajstić information content (AvgIpc) is 2.77. The molecule has 0 aromatic rings. The fourth-order valence-corrected chi connectivity index (χ4v) is 2.41. The van der Waals surface area contributed by atoms with E-state index in [4.69, 9.17) is 15.2 Å². The number of hydrogen-bond donors (Lipinski definition) is 1. The van der Waals surface area contributed by atoms with E-state index in [0.717, 1.165) is 25.4 Å². The molecule has 0 atom stereocenters. The van der Waals surface area contributed by atoms with Gasteiger partial charge in [-0.25, -0.2) is 0 Å². The molecule has 0 bridgehead atoms. The maximum absolute atomic E-state index is 6.02. The maximum atomic E-state index is 6.02. The molecule has 2 aliphatic rings. The number of nitrogens with two attached hydrogens (primary N) is 1. The summed E-state index contributed by atoms with van der Waals surface area (Å²) in [5.41, 5.74) is 6.02. The third-order valence-electron chi connectivity index (χ3n) is 3.85. The zero-order valence-electron chi connectivity index (χ0n) is 11.9. The van der Waals surface area contributed by atoms with E-state index in [1.807, 2.05) is 6.92 Å². The highest BCUT2D eigenvalue weighted by Gasteiger charge is 2.30. The van der Waals surface area contributed by atoms with Crippen LogP contribution in [-0.4, -0.2) is 49.5 Å². The summed E-state index contributed by atoms with van der Waals surface area (Å²) in [6.07, 6.45) is 3.18. The van der Waals surface area contributed by atoms with E-state index in [1.165, 1.54) is 12.8 Å². The highest BCUT2D eigenvalue weighted by Crippen LogP contribution is 2.22. The summed E-state index contributed by atoms with van der Waals surface area (Å²) in [5, 5.41) is 0. The highest BCUT2D eigenvalue weighted by molar-refractivity contribution is 14.0. The van der Waals surface area contributed by atoms with Crippen molar-refractivity contribution in [3.05, 3.63) is 0 Å². The van der Waals surface area contributed by atoms with Gasteiger partial charge in [-0.2, -0.15) is 0 Å². The first-order chi connectivity index (χ1) is 8.59. The number of ether oxygens (including phenoxy) is 2. The summed E-state index contributed by atoms with van der Waals surface area (Å²) in [7, 11) is 0. The molecule has 0 unspecified atom stereocenters. The second-order valence-electron chi connectivity index (χ2n) is 5.49. The van der Waals surface area contributed by atoms with E-state index >= 15 is 0 Å². The van der Waals surface area contributed by atoms with Crippen LogP contribution in [0.4, 0.5) is 0 Å². The van der Waals surface area contributed by atoms with Crippen LogP contribution in [0.15, 0.2) is 4.99 Å². The molecule has 112 valence electrons. The molecule has 5 nitrogen and oxygen atoms in total. The minimum Gasteiger partial charge on any atom is -0.370 e.